The van der Waals surface area contributed by atoms with E-state index in [2.05, 4.69) is 20.6 Å². The molecule has 0 radical (unpaired) electrons. The number of piperidine rings is 1. The zero-order valence-electron chi connectivity index (χ0n) is 12.3. The highest BCUT2D eigenvalue weighted by molar-refractivity contribution is 5.78. The summed E-state index contributed by atoms with van der Waals surface area (Å²) in [4.78, 5) is 22.4. The zero-order valence-corrected chi connectivity index (χ0v) is 12.3. The Bertz CT molecular complexity index is 469. The zero-order chi connectivity index (χ0) is 14.5. The first kappa shape index (κ1) is 14.3. The quantitative estimate of drug-likeness (QED) is 0.845. The summed E-state index contributed by atoms with van der Waals surface area (Å²) >= 11 is 0. The summed E-state index contributed by atoms with van der Waals surface area (Å²) in [7, 11) is 0. The van der Waals surface area contributed by atoms with E-state index in [1.54, 1.807) is 6.20 Å². The smallest absolute Gasteiger partial charge is 0.222 e. The highest BCUT2D eigenvalue weighted by atomic mass is 16.2. The van der Waals surface area contributed by atoms with Crippen LogP contribution in [0.5, 0.6) is 0 Å². The lowest BCUT2D eigenvalue weighted by atomic mass is 9.97. The summed E-state index contributed by atoms with van der Waals surface area (Å²) in [6.45, 7) is 4.47. The molecule has 6 nitrogen and oxygen atoms in total. The normalized spacial score (nSPS) is 22.6. The number of carbonyl (C=O) groups excluding carboxylic acids is 1. The van der Waals surface area contributed by atoms with Crippen LogP contribution >= 0.6 is 0 Å². The number of carbonyl (C=O) groups is 1. The van der Waals surface area contributed by atoms with E-state index in [-0.39, 0.29) is 5.91 Å². The molecule has 3 heterocycles. The van der Waals surface area contributed by atoms with Crippen LogP contribution in [0.1, 0.15) is 37.3 Å². The van der Waals surface area contributed by atoms with E-state index in [4.69, 9.17) is 0 Å². The fraction of sp³-hybridized carbons (Fsp3) is 0.667. The van der Waals surface area contributed by atoms with Crippen molar-refractivity contribution in [1.82, 2.24) is 20.2 Å². The summed E-state index contributed by atoms with van der Waals surface area (Å²) in [5.74, 6) is 1.54. The van der Waals surface area contributed by atoms with Gasteiger partial charge in [-0.3, -0.25) is 9.78 Å². The topological polar surface area (TPSA) is 70.2 Å². The number of rotatable bonds is 5. The molecule has 1 atom stereocenters. The largest absolute Gasteiger partial charge is 0.367 e. The van der Waals surface area contributed by atoms with E-state index in [0.717, 1.165) is 50.7 Å². The Labute approximate surface area is 125 Å². The first-order valence-corrected chi connectivity index (χ1v) is 7.87. The molecule has 0 aromatic carbocycles. The van der Waals surface area contributed by atoms with E-state index in [1.165, 1.54) is 12.8 Å². The Hall–Kier alpha value is -1.69. The second-order valence-electron chi connectivity index (χ2n) is 5.78. The third-order valence-corrected chi connectivity index (χ3v) is 4.25. The standard InChI is InChI=1S/C15H23N5O/c21-15-4-2-7-20(15)8-6-17-14-11-18-13(10-19-14)12-3-1-5-16-9-12/h10-12,16H,1-9H2,(H,17,19). The second kappa shape index (κ2) is 6.85. The van der Waals surface area contributed by atoms with Gasteiger partial charge in [-0.2, -0.15) is 0 Å². The summed E-state index contributed by atoms with van der Waals surface area (Å²) in [6, 6.07) is 0. The van der Waals surface area contributed by atoms with Crippen molar-refractivity contribution in [2.24, 2.45) is 0 Å². The summed E-state index contributed by atoms with van der Waals surface area (Å²) in [6.07, 6.45) is 7.76. The van der Waals surface area contributed by atoms with Crippen molar-refractivity contribution in [3.8, 4) is 0 Å². The van der Waals surface area contributed by atoms with E-state index < -0.39 is 0 Å². The van der Waals surface area contributed by atoms with E-state index >= 15 is 0 Å². The van der Waals surface area contributed by atoms with Gasteiger partial charge in [-0.05, 0) is 25.8 Å². The number of likely N-dealkylation sites (tertiary alicyclic amines) is 1. The number of hydrogen-bond donors (Lipinski definition) is 2. The summed E-state index contributed by atoms with van der Waals surface area (Å²) in [5.41, 5.74) is 1.07. The molecule has 2 fully saturated rings. The lowest BCUT2D eigenvalue weighted by Crippen LogP contribution is -2.30. The highest BCUT2D eigenvalue weighted by Crippen LogP contribution is 2.20. The molecule has 0 saturated carbocycles. The first-order valence-electron chi connectivity index (χ1n) is 7.87. The van der Waals surface area contributed by atoms with Crippen molar-refractivity contribution in [2.75, 3.05) is 38.0 Å². The molecular weight excluding hydrogens is 266 g/mol. The number of nitrogens with one attached hydrogen (secondary N) is 2. The number of nitrogens with zero attached hydrogens (tertiary/aromatic N) is 3. The molecule has 6 heteroatoms. The Balaban J connectivity index is 1.46. The molecule has 3 rings (SSSR count). The van der Waals surface area contributed by atoms with Crippen LogP contribution in [0.3, 0.4) is 0 Å². The van der Waals surface area contributed by atoms with Crippen molar-refractivity contribution >= 4 is 11.7 Å². The van der Waals surface area contributed by atoms with Gasteiger partial charge in [0.1, 0.15) is 5.82 Å². The van der Waals surface area contributed by atoms with Gasteiger partial charge in [-0.15, -0.1) is 0 Å². The minimum absolute atomic E-state index is 0.267. The number of amides is 1. The van der Waals surface area contributed by atoms with Crippen LogP contribution in [0.4, 0.5) is 5.82 Å². The fourth-order valence-electron chi connectivity index (χ4n) is 3.00. The molecule has 0 aliphatic carbocycles. The van der Waals surface area contributed by atoms with E-state index in [9.17, 15) is 4.79 Å². The molecule has 1 aromatic rings. The molecule has 1 unspecified atom stereocenters. The monoisotopic (exact) mass is 289 g/mol. The predicted molar refractivity (Wildman–Crippen MR) is 81.2 cm³/mol. The minimum Gasteiger partial charge on any atom is -0.367 e. The maximum atomic E-state index is 11.5. The Morgan fingerprint density at radius 3 is 2.95 bits per heavy atom. The summed E-state index contributed by atoms with van der Waals surface area (Å²) < 4.78 is 0. The van der Waals surface area contributed by atoms with Gasteiger partial charge in [0.05, 0.1) is 18.1 Å². The Kier molecular flexibility index (Phi) is 4.65. The van der Waals surface area contributed by atoms with E-state index in [0.29, 0.717) is 12.3 Å². The molecule has 0 spiro atoms. The van der Waals surface area contributed by atoms with Gasteiger partial charge in [-0.25, -0.2) is 4.98 Å². The lowest BCUT2D eigenvalue weighted by molar-refractivity contribution is -0.127. The third-order valence-electron chi connectivity index (χ3n) is 4.25. The maximum absolute atomic E-state index is 11.5. The van der Waals surface area contributed by atoms with Crippen LogP contribution < -0.4 is 10.6 Å². The van der Waals surface area contributed by atoms with Gasteiger partial charge in [0.2, 0.25) is 5.91 Å². The van der Waals surface area contributed by atoms with Gasteiger partial charge in [0.15, 0.2) is 0 Å². The van der Waals surface area contributed by atoms with Crippen LogP contribution in [0.15, 0.2) is 12.4 Å². The van der Waals surface area contributed by atoms with Crippen LogP contribution in [-0.2, 0) is 4.79 Å². The lowest BCUT2D eigenvalue weighted by Gasteiger charge is -2.22. The van der Waals surface area contributed by atoms with Gasteiger partial charge >= 0.3 is 0 Å². The fourth-order valence-corrected chi connectivity index (χ4v) is 3.00. The second-order valence-corrected chi connectivity index (χ2v) is 5.78. The molecule has 0 bridgehead atoms. The van der Waals surface area contributed by atoms with Gasteiger partial charge in [0.25, 0.3) is 0 Å². The molecule has 1 amide bonds. The van der Waals surface area contributed by atoms with Crippen molar-refractivity contribution in [3.05, 3.63) is 18.1 Å². The average Bonchev–Trinajstić information content (AvgIpc) is 2.94. The molecule has 2 aliphatic rings. The average molecular weight is 289 g/mol. The number of hydrogen-bond acceptors (Lipinski definition) is 5. The van der Waals surface area contributed by atoms with Crippen molar-refractivity contribution < 1.29 is 4.79 Å². The van der Waals surface area contributed by atoms with Crippen LogP contribution in [0.2, 0.25) is 0 Å². The maximum Gasteiger partial charge on any atom is 0.222 e. The highest BCUT2D eigenvalue weighted by Gasteiger charge is 2.19. The van der Waals surface area contributed by atoms with Crippen molar-refractivity contribution in [1.29, 1.82) is 0 Å². The van der Waals surface area contributed by atoms with Crippen molar-refractivity contribution in [3.63, 3.8) is 0 Å². The number of anilines is 1. The SMILES string of the molecule is O=C1CCCN1CCNc1cnc(C2CCCNC2)cn1. The molecule has 114 valence electrons. The molecule has 2 saturated heterocycles. The molecule has 2 N–H and O–H groups in total. The minimum atomic E-state index is 0.267. The third kappa shape index (κ3) is 3.69. The Morgan fingerprint density at radius 2 is 2.29 bits per heavy atom. The molecular formula is C15H23N5O. The predicted octanol–water partition coefficient (Wildman–Crippen LogP) is 0.978. The van der Waals surface area contributed by atoms with Gasteiger partial charge in [0, 0.05) is 38.5 Å². The summed E-state index contributed by atoms with van der Waals surface area (Å²) in [5, 5.41) is 6.64. The van der Waals surface area contributed by atoms with E-state index in [1.807, 2.05) is 11.1 Å². The first-order chi connectivity index (χ1) is 10.3. The molecule has 2 aliphatic heterocycles. The van der Waals surface area contributed by atoms with Crippen LogP contribution in [0.25, 0.3) is 0 Å². The Morgan fingerprint density at radius 1 is 1.33 bits per heavy atom. The van der Waals surface area contributed by atoms with Gasteiger partial charge < -0.3 is 15.5 Å². The van der Waals surface area contributed by atoms with Crippen LogP contribution in [0, 0.1) is 0 Å². The van der Waals surface area contributed by atoms with Gasteiger partial charge in [-0.1, -0.05) is 0 Å². The molecule has 1 aromatic heterocycles. The molecule has 21 heavy (non-hydrogen) atoms. The van der Waals surface area contributed by atoms with Crippen LogP contribution in [-0.4, -0.2) is 53.5 Å². The number of aromatic nitrogens is 2. The van der Waals surface area contributed by atoms with Crippen molar-refractivity contribution in [2.45, 2.75) is 31.6 Å².